The lowest BCUT2D eigenvalue weighted by Gasteiger charge is -2.55. The van der Waals surface area contributed by atoms with Crippen LogP contribution in [-0.2, 0) is 0 Å². The molecule has 0 amide bonds. The molecule has 3 rings (SSSR count). The molecule has 0 saturated heterocycles. The fourth-order valence-electron chi connectivity index (χ4n) is 4.29. The number of hydrogen-bond donors (Lipinski definition) is 1. The fraction of sp³-hybridized carbons (Fsp3) is 0.684. The molecule has 21 heavy (non-hydrogen) atoms. The highest BCUT2D eigenvalue weighted by Crippen LogP contribution is 2.53. The van der Waals surface area contributed by atoms with Crippen molar-refractivity contribution in [3.8, 4) is 5.75 Å². The van der Waals surface area contributed by atoms with Gasteiger partial charge in [0.2, 0.25) is 0 Å². The minimum Gasteiger partial charge on any atom is -0.490 e. The lowest BCUT2D eigenvalue weighted by molar-refractivity contribution is -0.172. The number of aryl methyl sites for hydroxylation is 1. The number of aliphatic hydroxyl groups is 1. The molecular formula is C19H28O2. The molecular weight excluding hydrogens is 260 g/mol. The van der Waals surface area contributed by atoms with Crippen molar-refractivity contribution in [3.05, 3.63) is 29.3 Å². The van der Waals surface area contributed by atoms with Gasteiger partial charge in [0.05, 0.1) is 6.10 Å². The molecule has 0 bridgehead atoms. The Morgan fingerprint density at radius 1 is 1.19 bits per heavy atom. The summed E-state index contributed by atoms with van der Waals surface area (Å²) in [4.78, 5) is 0. The van der Waals surface area contributed by atoms with Gasteiger partial charge in [0.15, 0.2) is 0 Å². The molecule has 2 aliphatic rings. The van der Waals surface area contributed by atoms with E-state index in [-0.39, 0.29) is 17.6 Å². The zero-order chi connectivity index (χ0) is 15.0. The molecule has 2 heteroatoms. The third-order valence-corrected chi connectivity index (χ3v) is 5.67. The van der Waals surface area contributed by atoms with E-state index in [1.807, 2.05) is 0 Å². The van der Waals surface area contributed by atoms with Gasteiger partial charge in [-0.2, -0.15) is 0 Å². The van der Waals surface area contributed by atoms with Crippen LogP contribution in [0.2, 0.25) is 0 Å². The van der Waals surface area contributed by atoms with Crippen molar-refractivity contribution in [2.75, 3.05) is 0 Å². The second-order valence-corrected chi connectivity index (χ2v) is 7.32. The molecule has 0 aromatic heterocycles. The summed E-state index contributed by atoms with van der Waals surface area (Å²) in [7, 11) is 0. The molecule has 0 radical (unpaired) electrons. The van der Waals surface area contributed by atoms with Crippen LogP contribution >= 0.6 is 0 Å². The van der Waals surface area contributed by atoms with Crippen molar-refractivity contribution in [2.45, 2.75) is 77.4 Å². The molecule has 2 fully saturated rings. The van der Waals surface area contributed by atoms with Gasteiger partial charge in [-0.25, -0.2) is 0 Å². The van der Waals surface area contributed by atoms with Crippen LogP contribution in [0.25, 0.3) is 0 Å². The first-order valence-electron chi connectivity index (χ1n) is 8.48. The molecule has 2 nitrogen and oxygen atoms in total. The SMILES string of the molecule is Cc1cc(OC2CC(O)C23CCCCC3)ccc1C(C)C. The van der Waals surface area contributed by atoms with Crippen molar-refractivity contribution < 1.29 is 9.84 Å². The average molecular weight is 288 g/mol. The first-order valence-corrected chi connectivity index (χ1v) is 8.48. The summed E-state index contributed by atoms with van der Waals surface area (Å²) in [6, 6.07) is 6.46. The molecule has 2 atom stereocenters. The average Bonchev–Trinajstić information content (AvgIpc) is 2.47. The molecule has 116 valence electrons. The minimum absolute atomic E-state index is 0.0445. The van der Waals surface area contributed by atoms with E-state index in [1.54, 1.807) is 0 Å². The lowest BCUT2D eigenvalue weighted by Crippen LogP contribution is -2.60. The third-order valence-electron chi connectivity index (χ3n) is 5.67. The Morgan fingerprint density at radius 3 is 2.48 bits per heavy atom. The van der Waals surface area contributed by atoms with Crippen LogP contribution in [0.5, 0.6) is 5.75 Å². The second kappa shape index (κ2) is 5.64. The molecule has 1 aromatic rings. The Morgan fingerprint density at radius 2 is 1.90 bits per heavy atom. The van der Waals surface area contributed by atoms with E-state index < -0.39 is 0 Å². The van der Waals surface area contributed by atoms with Crippen molar-refractivity contribution in [1.82, 2.24) is 0 Å². The number of rotatable bonds is 3. The minimum atomic E-state index is -0.154. The first kappa shape index (κ1) is 14.9. The third kappa shape index (κ3) is 2.59. The van der Waals surface area contributed by atoms with E-state index in [0.29, 0.717) is 5.92 Å². The Kier molecular flexibility index (Phi) is 4.00. The van der Waals surface area contributed by atoms with Crippen LogP contribution in [0.4, 0.5) is 0 Å². The predicted molar refractivity (Wildman–Crippen MR) is 85.8 cm³/mol. The molecule has 2 saturated carbocycles. The highest BCUT2D eigenvalue weighted by molar-refractivity contribution is 5.36. The van der Waals surface area contributed by atoms with E-state index in [1.165, 1.54) is 30.4 Å². The van der Waals surface area contributed by atoms with Crippen molar-refractivity contribution in [1.29, 1.82) is 0 Å². The highest BCUT2D eigenvalue weighted by atomic mass is 16.5. The number of ether oxygens (including phenoxy) is 1. The highest BCUT2D eigenvalue weighted by Gasteiger charge is 2.56. The standard InChI is InChI=1S/C19H28O2/c1-13(2)16-8-7-15(11-14(16)3)21-18-12-17(20)19(18)9-5-4-6-10-19/h7-8,11,13,17-18,20H,4-6,9-10,12H2,1-3H3. The Balaban J connectivity index is 1.73. The van der Waals surface area contributed by atoms with Gasteiger partial charge in [0.25, 0.3) is 0 Å². The number of benzene rings is 1. The van der Waals surface area contributed by atoms with E-state index in [2.05, 4.69) is 39.0 Å². The van der Waals surface area contributed by atoms with Crippen molar-refractivity contribution in [2.24, 2.45) is 5.41 Å². The Bertz CT molecular complexity index is 500. The van der Waals surface area contributed by atoms with Gasteiger partial charge < -0.3 is 9.84 Å². The molecule has 2 aliphatic carbocycles. The van der Waals surface area contributed by atoms with Gasteiger partial charge in [-0.1, -0.05) is 39.2 Å². The van der Waals surface area contributed by atoms with E-state index in [4.69, 9.17) is 4.74 Å². The van der Waals surface area contributed by atoms with Crippen LogP contribution in [0.3, 0.4) is 0 Å². The van der Waals surface area contributed by atoms with Crippen LogP contribution < -0.4 is 4.74 Å². The second-order valence-electron chi connectivity index (χ2n) is 7.32. The molecule has 0 heterocycles. The zero-order valence-electron chi connectivity index (χ0n) is 13.6. The van der Waals surface area contributed by atoms with E-state index in [0.717, 1.165) is 25.0 Å². The number of hydrogen-bond acceptors (Lipinski definition) is 2. The van der Waals surface area contributed by atoms with Crippen LogP contribution in [-0.4, -0.2) is 17.3 Å². The fourth-order valence-corrected chi connectivity index (χ4v) is 4.29. The summed E-state index contributed by atoms with van der Waals surface area (Å²) < 4.78 is 6.27. The Hall–Kier alpha value is -1.02. The Labute approximate surface area is 128 Å². The summed E-state index contributed by atoms with van der Waals surface area (Å²) in [6.45, 7) is 6.61. The molecule has 0 aliphatic heterocycles. The predicted octanol–water partition coefficient (Wildman–Crippen LogP) is 4.58. The summed E-state index contributed by atoms with van der Waals surface area (Å²) >= 11 is 0. The van der Waals surface area contributed by atoms with Gasteiger partial charge in [-0.05, 0) is 48.9 Å². The van der Waals surface area contributed by atoms with Gasteiger partial charge in [-0.15, -0.1) is 0 Å². The molecule has 2 unspecified atom stereocenters. The normalized spacial score (nSPS) is 27.7. The topological polar surface area (TPSA) is 29.5 Å². The summed E-state index contributed by atoms with van der Waals surface area (Å²) in [5.41, 5.74) is 2.74. The summed E-state index contributed by atoms with van der Waals surface area (Å²) in [5.74, 6) is 1.52. The van der Waals surface area contributed by atoms with E-state index in [9.17, 15) is 5.11 Å². The molecule has 1 spiro atoms. The van der Waals surface area contributed by atoms with Gasteiger partial charge >= 0.3 is 0 Å². The zero-order valence-corrected chi connectivity index (χ0v) is 13.6. The van der Waals surface area contributed by atoms with Crippen LogP contribution in [0.15, 0.2) is 18.2 Å². The van der Waals surface area contributed by atoms with Gasteiger partial charge in [0.1, 0.15) is 11.9 Å². The van der Waals surface area contributed by atoms with Gasteiger partial charge in [-0.3, -0.25) is 0 Å². The van der Waals surface area contributed by atoms with E-state index >= 15 is 0 Å². The summed E-state index contributed by atoms with van der Waals surface area (Å²) in [6.07, 6.45) is 6.89. The monoisotopic (exact) mass is 288 g/mol. The van der Waals surface area contributed by atoms with Crippen molar-refractivity contribution >= 4 is 0 Å². The maximum Gasteiger partial charge on any atom is 0.120 e. The quantitative estimate of drug-likeness (QED) is 0.882. The van der Waals surface area contributed by atoms with Crippen LogP contribution in [0.1, 0.15) is 69.4 Å². The number of aliphatic hydroxyl groups excluding tert-OH is 1. The van der Waals surface area contributed by atoms with Crippen LogP contribution in [0, 0.1) is 12.3 Å². The molecule has 1 N–H and O–H groups in total. The molecule has 1 aromatic carbocycles. The maximum atomic E-state index is 10.3. The van der Waals surface area contributed by atoms with Crippen molar-refractivity contribution in [3.63, 3.8) is 0 Å². The maximum absolute atomic E-state index is 10.3. The largest absolute Gasteiger partial charge is 0.490 e. The summed E-state index contributed by atoms with van der Waals surface area (Å²) in [5, 5.41) is 10.3. The lowest BCUT2D eigenvalue weighted by atomic mass is 9.56. The smallest absolute Gasteiger partial charge is 0.120 e. The first-order chi connectivity index (χ1) is 10.0. The van der Waals surface area contributed by atoms with Gasteiger partial charge in [0, 0.05) is 11.8 Å².